The molecule has 1 aliphatic heterocycles. The fraction of sp³-hybridized carbons (Fsp3) is 0.222. The maximum Gasteiger partial charge on any atom is 0.299 e. The number of anilines is 1. The van der Waals surface area contributed by atoms with E-state index in [9.17, 15) is 9.59 Å². The maximum absolute atomic E-state index is 12.6. The van der Waals surface area contributed by atoms with E-state index in [4.69, 9.17) is 4.98 Å². The first-order valence-electron chi connectivity index (χ1n) is 11.5. The van der Waals surface area contributed by atoms with E-state index >= 15 is 0 Å². The number of hydrogen-bond acceptors (Lipinski definition) is 5. The second-order valence-corrected chi connectivity index (χ2v) is 8.37. The Labute approximate surface area is 203 Å². The predicted molar refractivity (Wildman–Crippen MR) is 132 cm³/mol. The summed E-state index contributed by atoms with van der Waals surface area (Å²) in [5, 5.41) is 2.79. The van der Waals surface area contributed by atoms with Gasteiger partial charge in [-0.1, -0.05) is 24.1 Å². The topological polar surface area (TPSA) is 92.5 Å². The van der Waals surface area contributed by atoms with Crippen molar-refractivity contribution in [3.63, 3.8) is 0 Å². The van der Waals surface area contributed by atoms with Crippen LogP contribution >= 0.6 is 0 Å². The molecule has 0 saturated carbocycles. The van der Waals surface area contributed by atoms with Crippen LogP contribution in [0.4, 0.5) is 5.82 Å². The van der Waals surface area contributed by atoms with Crippen LogP contribution in [0.15, 0.2) is 61.1 Å². The highest BCUT2D eigenvalue weighted by Gasteiger charge is 2.33. The Bertz CT molecular complexity index is 1460. The third-order valence-electron chi connectivity index (χ3n) is 6.12. The number of aryl methyl sites for hydroxylation is 1. The lowest BCUT2D eigenvalue weighted by atomic mass is 10.1. The molecule has 1 unspecified atom stereocenters. The van der Waals surface area contributed by atoms with Gasteiger partial charge in [0.15, 0.2) is 0 Å². The summed E-state index contributed by atoms with van der Waals surface area (Å²) in [4.78, 5) is 40.6. The molecule has 1 fully saturated rings. The Balaban J connectivity index is 1.50. The molecule has 1 aromatic carbocycles. The number of carbonyl (C=O) groups excluding carboxylic acids is 2. The van der Waals surface area contributed by atoms with Gasteiger partial charge < -0.3 is 10.2 Å². The molecule has 1 atom stereocenters. The van der Waals surface area contributed by atoms with E-state index < -0.39 is 0 Å². The minimum absolute atomic E-state index is 0.158. The number of pyridine rings is 1. The quantitative estimate of drug-likeness (QED) is 0.460. The third kappa shape index (κ3) is 4.24. The lowest BCUT2D eigenvalue weighted by molar-refractivity contribution is -0.126. The van der Waals surface area contributed by atoms with E-state index in [1.807, 2.05) is 25.1 Å². The van der Waals surface area contributed by atoms with E-state index in [1.54, 1.807) is 54.7 Å². The summed E-state index contributed by atoms with van der Waals surface area (Å²) in [5.41, 5.74) is 3.92. The van der Waals surface area contributed by atoms with Crippen LogP contribution < -0.4 is 5.32 Å². The number of likely N-dealkylation sites (tertiary alicyclic amines) is 1. The van der Waals surface area contributed by atoms with Crippen LogP contribution in [0.5, 0.6) is 0 Å². The summed E-state index contributed by atoms with van der Waals surface area (Å²) < 4.78 is 2.07. The van der Waals surface area contributed by atoms with Crippen molar-refractivity contribution in [1.82, 2.24) is 24.3 Å². The van der Waals surface area contributed by atoms with E-state index in [2.05, 4.69) is 31.5 Å². The van der Waals surface area contributed by atoms with Gasteiger partial charge in [0.2, 0.25) is 0 Å². The monoisotopic (exact) mass is 464 g/mol. The second-order valence-electron chi connectivity index (χ2n) is 8.37. The molecule has 8 heteroatoms. The molecular formula is C27H24N6O2. The largest absolute Gasteiger partial charge is 0.322 e. The van der Waals surface area contributed by atoms with Crippen molar-refractivity contribution in [3.05, 3.63) is 78.1 Å². The fourth-order valence-corrected chi connectivity index (χ4v) is 4.51. The van der Waals surface area contributed by atoms with Crippen LogP contribution in [0.1, 0.15) is 47.7 Å². The highest BCUT2D eigenvalue weighted by Crippen LogP contribution is 2.35. The smallest absolute Gasteiger partial charge is 0.299 e. The van der Waals surface area contributed by atoms with Gasteiger partial charge in [-0.2, -0.15) is 0 Å². The molecule has 1 aliphatic rings. The summed E-state index contributed by atoms with van der Waals surface area (Å²) in [7, 11) is 0. The van der Waals surface area contributed by atoms with E-state index in [-0.39, 0.29) is 17.9 Å². The molecular weight excluding hydrogens is 440 g/mol. The van der Waals surface area contributed by atoms with Crippen molar-refractivity contribution in [2.24, 2.45) is 0 Å². The average molecular weight is 465 g/mol. The maximum atomic E-state index is 12.6. The van der Waals surface area contributed by atoms with Crippen molar-refractivity contribution in [3.8, 4) is 23.1 Å². The number of rotatable bonds is 4. The van der Waals surface area contributed by atoms with E-state index in [1.165, 1.54) is 0 Å². The molecule has 4 aromatic rings. The van der Waals surface area contributed by atoms with E-state index in [0.717, 1.165) is 41.1 Å². The van der Waals surface area contributed by atoms with Gasteiger partial charge in [-0.05, 0) is 56.9 Å². The van der Waals surface area contributed by atoms with Crippen molar-refractivity contribution in [2.45, 2.75) is 32.7 Å². The Hall–Kier alpha value is -4.51. The van der Waals surface area contributed by atoms with E-state index in [0.29, 0.717) is 17.9 Å². The number of aromatic nitrogens is 4. The van der Waals surface area contributed by atoms with Crippen LogP contribution in [-0.4, -0.2) is 42.6 Å². The highest BCUT2D eigenvalue weighted by atomic mass is 16.2. The van der Waals surface area contributed by atoms with Crippen molar-refractivity contribution in [2.75, 3.05) is 11.9 Å². The average Bonchev–Trinajstić information content (AvgIpc) is 3.51. The molecule has 35 heavy (non-hydrogen) atoms. The zero-order chi connectivity index (χ0) is 24.4. The van der Waals surface area contributed by atoms with Gasteiger partial charge in [-0.25, -0.2) is 9.97 Å². The molecule has 0 bridgehead atoms. The van der Waals surface area contributed by atoms with Crippen molar-refractivity contribution in [1.29, 1.82) is 0 Å². The van der Waals surface area contributed by atoms with Gasteiger partial charge in [-0.3, -0.25) is 19.0 Å². The molecule has 0 aliphatic carbocycles. The number of imidazole rings is 1. The lowest BCUT2D eigenvalue weighted by Gasteiger charge is -2.22. The minimum atomic E-state index is -0.236. The van der Waals surface area contributed by atoms with Crippen LogP contribution in [0.2, 0.25) is 0 Å². The number of nitrogens with zero attached hydrogens (tertiary/aromatic N) is 5. The molecule has 1 saturated heterocycles. The van der Waals surface area contributed by atoms with Gasteiger partial charge in [0.1, 0.15) is 11.6 Å². The molecule has 0 spiro atoms. The lowest BCUT2D eigenvalue weighted by Crippen LogP contribution is -2.30. The van der Waals surface area contributed by atoms with Gasteiger partial charge >= 0.3 is 0 Å². The molecule has 4 heterocycles. The Kier molecular flexibility index (Phi) is 5.98. The Morgan fingerprint density at radius 1 is 1.11 bits per heavy atom. The van der Waals surface area contributed by atoms with Gasteiger partial charge in [0.05, 0.1) is 23.4 Å². The molecule has 174 valence electrons. The predicted octanol–water partition coefficient (Wildman–Crippen LogP) is 4.04. The summed E-state index contributed by atoms with van der Waals surface area (Å²) in [5.74, 6) is 6.26. The summed E-state index contributed by atoms with van der Waals surface area (Å²) in [6.07, 6.45) is 6.93. The molecule has 0 radical (unpaired) electrons. The Morgan fingerprint density at radius 3 is 2.69 bits per heavy atom. The number of carbonyl (C=O) groups is 2. The second kappa shape index (κ2) is 9.39. The fourth-order valence-electron chi connectivity index (χ4n) is 4.51. The zero-order valence-electron chi connectivity index (χ0n) is 19.5. The van der Waals surface area contributed by atoms with Crippen LogP contribution in [0.25, 0.3) is 16.8 Å². The van der Waals surface area contributed by atoms with Gasteiger partial charge in [0.25, 0.3) is 11.8 Å². The van der Waals surface area contributed by atoms with Crippen LogP contribution in [0.3, 0.4) is 0 Å². The summed E-state index contributed by atoms with van der Waals surface area (Å²) in [6, 6.07) is 12.5. The van der Waals surface area contributed by atoms with Crippen molar-refractivity contribution < 1.29 is 9.59 Å². The minimum Gasteiger partial charge on any atom is -0.322 e. The standard InChI is InChI=1S/C27H24N6O2/c1-3-7-24(34)32-15-6-8-21(32)26-31-25(22-17-28-16-18(2)33(22)26)19-10-12-20(13-11-19)27(35)30-23-9-4-5-14-29-23/h4-5,9-14,16-17,21H,6,8,15H2,1-2H3,(H,29,30,35). The highest BCUT2D eigenvalue weighted by molar-refractivity contribution is 6.04. The number of benzene rings is 1. The summed E-state index contributed by atoms with van der Waals surface area (Å²) >= 11 is 0. The number of fused-ring (bicyclic) bond motifs is 1. The third-order valence-corrected chi connectivity index (χ3v) is 6.12. The SMILES string of the molecule is CC#CC(=O)N1CCCC1c1nc(-c2ccc(C(=O)Nc3ccccn3)cc2)c2cncc(C)n12. The van der Waals surface area contributed by atoms with Crippen LogP contribution in [-0.2, 0) is 4.79 Å². The molecule has 2 amide bonds. The molecule has 5 rings (SSSR count). The first-order valence-corrected chi connectivity index (χ1v) is 11.5. The number of nitrogens with one attached hydrogen (secondary N) is 1. The van der Waals surface area contributed by atoms with Crippen LogP contribution in [0, 0.1) is 18.8 Å². The van der Waals surface area contributed by atoms with Crippen molar-refractivity contribution >= 4 is 23.1 Å². The van der Waals surface area contributed by atoms with Gasteiger partial charge in [0, 0.05) is 35.8 Å². The number of hydrogen-bond donors (Lipinski definition) is 1. The summed E-state index contributed by atoms with van der Waals surface area (Å²) in [6.45, 7) is 4.31. The molecule has 8 nitrogen and oxygen atoms in total. The molecule has 1 N–H and O–H groups in total. The normalized spacial score (nSPS) is 15.0. The zero-order valence-corrected chi connectivity index (χ0v) is 19.5. The number of amides is 2. The molecule has 3 aromatic heterocycles. The first-order chi connectivity index (χ1) is 17.1. The Morgan fingerprint density at radius 2 is 1.94 bits per heavy atom. The van der Waals surface area contributed by atoms with Gasteiger partial charge in [-0.15, -0.1) is 0 Å². The first kappa shape index (κ1) is 22.3.